The Morgan fingerprint density at radius 3 is 2.68 bits per heavy atom. The van der Waals surface area contributed by atoms with Gasteiger partial charge in [-0.15, -0.1) is 0 Å². The first-order valence-electron chi connectivity index (χ1n) is 9.49. The SMILES string of the molecule is COc1ccc(S(=O)(=O)N2CCCC(C(=O)Nc3nc4c(Cl)c(Cl)ccc4s3)C2)cc1. The van der Waals surface area contributed by atoms with Crippen LogP contribution in [0.2, 0.25) is 10.0 Å². The predicted octanol–water partition coefficient (Wildman–Crippen LogP) is 4.65. The molecule has 164 valence electrons. The van der Waals surface area contributed by atoms with Gasteiger partial charge in [-0.05, 0) is 49.2 Å². The van der Waals surface area contributed by atoms with Crippen LogP contribution in [-0.4, -0.2) is 43.8 Å². The number of sulfonamides is 1. The predicted molar refractivity (Wildman–Crippen MR) is 123 cm³/mol. The Kier molecular flexibility index (Phi) is 6.41. The normalized spacial score (nSPS) is 17.6. The number of halogens is 2. The van der Waals surface area contributed by atoms with Crippen molar-refractivity contribution in [2.45, 2.75) is 17.7 Å². The number of hydrogen-bond acceptors (Lipinski definition) is 6. The maximum Gasteiger partial charge on any atom is 0.243 e. The Balaban J connectivity index is 1.49. The number of carbonyl (C=O) groups is 1. The highest BCUT2D eigenvalue weighted by Crippen LogP contribution is 2.35. The first-order valence-corrected chi connectivity index (χ1v) is 12.5. The maximum atomic E-state index is 13.0. The number of benzene rings is 2. The summed E-state index contributed by atoms with van der Waals surface area (Å²) in [6.45, 7) is 0.477. The molecule has 31 heavy (non-hydrogen) atoms. The minimum Gasteiger partial charge on any atom is -0.497 e. The van der Waals surface area contributed by atoms with Crippen LogP contribution in [0, 0.1) is 5.92 Å². The third-order valence-electron chi connectivity index (χ3n) is 5.13. The fourth-order valence-electron chi connectivity index (χ4n) is 3.47. The van der Waals surface area contributed by atoms with E-state index in [0.29, 0.717) is 45.8 Å². The molecule has 1 atom stereocenters. The second kappa shape index (κ2) is 8.91. The minimum atomic E-state index is -3.70. The number of rotatable bonds is 5. The zero-order valence-electron chi connectivity index (χ0n) is 16.5. The Labute approximate surface area is 194 Å². The Morgan fingerprint density at radius 2 is 1.97 bits per heavy atom. The number of nitrogens with zero attached hydrogens (tertiary/aromatic N) is 2. The summed E-state index contributed by atoms with van der Waals surface area (Å²) in [5.74, 6) is -0.171. The van der Waals surface area contributed by atoms with Gasteiger partial charge in [0.25, 0.3) is 0 Å². The van der Waals surface area contributed by atoms with Crippen LogP contribution >= 0.6 is 34.5 Å². The molecule has 1 fully saturated rings. The maximum absolute atomic E-state index is 13.0. The van der Waals surface area contributed by atoms with Gasteiger partial charge in [0.2, 0.25) is 15.9 Å². The summed E-state index contributed by atoms with van der Waals surface area (Å²) < 4.78 is 33.3. The molecule has 1 aliphatic heterocycles. The third kappa shape index (κ3) is 4.51. The molecule has 1 aromatic heterocycles. The number of piperidine rings is 1. The molecular weight excluding hydrogens is 481 g/mol. The van der Waals surface area contributed by atoms with Crippen molar-refractivity contribution in [1.29, 1.82) is 0 Å². The molecule has 1 amide bonds. The molecule has 4 rings (SSSR count). The number of thiazole rings is 1. The molecule has 0 bridgehead atoms. The van der Waals surface area contributed by atoms with E-state index in [9.17, 15) is 13.2 Å². The number of hydrogen-bond donors (Lipinski definition) is 1. The van der Waals surface area contributed by atoms with Crippen LogP contribution in [0.25, 0.3) is 10.2 Å². The highest BCUT2D eigenvalue weighted by atomic mass is 35.5. The fourth-order valence-corrected chi connectivity index (χ4v) is 6.29. The number of aromatic nitrogens is 1. The summed E-state index contributed by atoms with van der Waals surface area (Å²) in [7, 11) is -2.19. The molecule has 7 nitrogen and oxygen atoms in total. The topological polar surface area (TPSA) is 88.6 Å². The summed E-state index contributed by atoms with van der Waals surface area (Å²) in [6.07, 6.45) is 1.19. The van der Waals surface area contributed by atoms with Crippen molar-refractivity contribution in [2.75, 3.05) is 25.5 Å². The van der Waals surface area contributed by atoms with Crippen LogP contribution in [-0.2, 0) is 14.8 Å². The lowest BCUT2D eigenvalue weighted by Crippen LogP contribution is -2.43. The van der Waals surface area contributed by atoms with Gasteiger partial charge in [0.15, 0.2) is 5.13 Å². The molecule has 0 radical (unpaired) electrons. The van der Waals surface area contributed by atoms with Crippen molar-refractivity contribution < 1.29 is 17.9 Å². The lowest BCUT2D eigenvalue weighted by molar-refractivity contribution is -0.120. The van der Waals surface area contributed by atoms with E-state index in [2.05, 4.69) is 10.3 Å². The monoisotopic (exact) mass is 499 g/mol. The van der Waals surface area contributed by atoms with Crippen molar-refractivity contribution >= 4 is 65.8 Å². The van der Waals surface area contributed by atoms with E-state index in [0.717, 1.165) is 4.70 Å². The molecule has 1 saturated heterocycles. The molecule has 2 aromatic carbocycles. The van der Waals surface area contributed by atoms with Gasteiger partial charge in [-0.25, -0.2) is 13.4 Å². The van der Waals surface area contributed by atoms with E-state index in [1.54, 1.807) is 24.3 Å². The van der Waals surface area contributed by atoms with Crippen LogP contribution in [0.1, 0.15) is 12.8 Å². The molecule has 1 unspecified atom stereocenters. The van der Waals surface area contributed by atoms with E-state index in [1.807, 2.05) is 0 Å². The Bertz CT molecular complexity index is 1230. The standard InChI is InChI=1S/C20H19Cl2N3O4S2/c1-29-13-4-6-14(7-5-13)31(27,28)25-10-2-3-12(11-25)19(26)24-20-23-18-16(30-20)9-8-15(21)17(18)22/h4-9,12H,2-3,10-11H2,1H3,(H,23,24,26). The van der Waals surface area contributed by atoms with Gasteiger partial charge >= 0.3 is 0 Å². The van der Waals surface area contributed by atoms with Gasteiger partial charge in [0.05, 0.1) is 32.7 Å². The Hall–Kier alpha value is -1.91. The largest absolute Gasteiger partial charge is 0.497 e. The fraction of sp³-hybridized carbons (Fsp3) is 0.300. The number of methoxy groups -OCH3 is 1. The molecule has 0 saturated carbocycles. The molecule has 1 aliphatic rings. The lowest BCUT2D eigenvalue weighted by Gasteiger charge is -2.31. The summed E-state index contributed by atoms with van der Waals surface area (Å²) in [4.78, 5) is 17.4. The number of nitrogens with one attached hydrogen (secondary N) is 1. The minimum absolute atomic E-state index is 0.109. The second-order valence-corrected chi connectivity index (χ2v) is 10.8. The van der Waals surface area contributed by atoms with Crippen molar-refractivity contribution in [1.82, 2.24) is 9.29 Å². The first kappa shape index (κ1) is 22.3. The molecule has 0 aliphatic carbocycles. The van der Waals surface area contributed by atoms with Crippen LogP contribution in [0.5, 0.6) is 5.75 Å². The van der Waals surface area contributed by atoms with Crippen LogP contribution in [0.3, 0.4) is 0 Å². The summed E-state index contributed by atoms with van der Waals surface area (Å²) in [5, 5.41) is 3.94. The second-order valence-electron chi connectivity index (χ2n) is 7.09. The van der Waals surface area contributed by atoms with E-state index in [4.69, 9.17) is 27.9 Å². The van der Waals surface area contributed by atoms with Crippen molar-refractivity contribution in [3.8, 4) is 5.75 Å². The van der Waals surface area contributed by atoms with Gasteiger partial charge in [0, 0.05) is 13.1 Å². The number of carbonyl (C=O) groups excluding carboxylic acids is 1. The van der Waals surface area contributed by atoms with Gasteiger partial charge < -0.3 is 10.1 Å². The van der Waals surface area contributed by atoms with E-state index in [1.165, 1.54) is 34.9 Å². The van der Waals surface area contributed by atoms with Crippen molar-refractivity contribution in [3.05, 3.63) is 46.4 Å². The first-order chi connectivity index (χ1) is 14.8. The Morgan fingerprint density at radius 1 is 1.23 bits per heavy atom. The highest BCUT2D eigenvalue weighted by Gasteiger charge is 2.33. The van der Waals surface area contributed by atoms with Gasteiger partial charge in [0.1, 0.15) is 11.3 Å². The zero-order valence-corrected chi connectivity index (χ0v) is 19.6. The summed E-state index contributed by atoms with van der Waals surface area (Å²) in [5.41, 5.74) is 0.529. The lowest BCUT2D eigenvalue weighted by atomic mass is 9.99. The molecule has 11 heteroatoms. The summed E-state index contributed by atoms with van der Waals surface area (Å²) in [6, 6.07) is 9.69. The number of ether oxygens (including phenoxy) is 1. The number of amides is 1. The van der Waals surface area contributed by atoms with Crippen molar-refractivity contribution in [2.24, 2.45) is 5.92 Å². The van der Waals surface area contributed by atoms with Gasteiger partial charge in [-0.2, -0.15) is 4.31 Å². The van der Waals surface area contributed by atoms with E-state index < -0.39 is 15.9 Å². The highest BCUT2D eigenvalue weighted by molar-refractivity contribution is 7.89. The molecule has 0 spiro atoms. The van der Waals surface area contributed by atoms with E-state index in [-0.39, 0.29) is 17.3 Å². The quantitative estimate of drug-likeness (QED) is 0.551. The third-order valence-corrected chi connectivity index (χ3v) is 8.74. The van der Waals surface area contributed by atoms with Crippen molar-refractivity contribution in [3.63, 3.8) is 0 Å². The average molecular weight is 500 g/mol. The molecular formula is C20H19Cl2N3O4S2. The molecule has 2 heterocycles. The molecule has 3 aromatic rings. The van der Waals surface area contributed by atoms with Crippen LogP contribution < -0.4 is 10.1 Å². The van der Waals surface area contributed by atoms with Crippen LogP contribution in [0.15, 0.2) is 41.3 Å². The molecule has 1 N–H and O–H groups in total. The zero-order chi connectivity index (χ0) is 22.2. The van der Waals surface area contributed by atoms with Gasteiger partial charge in [-0.1, -0.05) is 34.5 Å². The van der Waals surface area contributed by atoms with Gasteiger partial charge in [-0.3, -0.25) is 4.79 Å². The van der Waals surface area contributed by atoms with Crippen LogP contribution in [0.4, 0.5) is 5.13 Å². The summed E-state index contributed by atoms with van der Waals surface area (Å²) >= 11 is 13.5. The van der Waals surface area contributed by atoms with E-state index >= 15 is 0 Å². The number of anilines is 1. The number of fused-ring (bicyclic) bond motifs is 1. The smallest absolute Gasteiger partial charge is 0.243 e. The average Bonchev–Trinajstić information content (AvgIpc) is 3.19.